The largest absolute Gasteiger partial charge is 0.330 e. The Morgan fingerprint density at radius 2 is 1.78 bits per heavy atom. The average molecular weight is 243 g/mol. The third-order valence-electron chi connectivity index (χ3n) is 3.23. The van der Waals surface area contributed by atoms with Crippen molar-refractivity contribution in [2.45, 2.75) is 19.3 Å². The molecule has 2 rings (SSSR count). The van der Waals surface area contributed by atoms with Crippen LogP contribution in [0.2, 0.25) is 0 Å². The first-order chi connectivity index (χ1) is 8.70. The lowest BCUT2D eigenvalue weighted by molar-refractivity contribution is 0.628. The Bertz CT molecular complexity index is 505. The van der Waals surface area contributed by atoms with E-state index in [1.54, 1.807) is 0 Å². The molecule has 0 saturated carbocycles. The van der Waals surface area contributed by atoms with Crippen LogP contribution in [-0.2, 0) is 0 Å². The molecule has 2 aromatic carbocycles. The van der Waals surface area contributed by atoms with Gasteiger partial charge in [0.25, 0.3) is 0 Å². The molecule has 0 fully saturated rings. The standard InChI is InChI=1S/C16H18FN/c1-12(9-10-18)14-3-2-4-15(11-14)13-5-7-16(17)8-6-13/h2-8,11-12H,9-10,18H2,1H3. The lowest BCUT2D eigenvalue weighted by Crippen LogP contribution is -2.04. The molecule has 0 aromatic heterocycles. The van der Waals surface area contributed by atoms with Gasteiger partial charge in [0.1, 0.15) is 5.82 Å². The molecule has 2 aromatic rings. The van der Waals surface area contributed by atoms with Crippen molar-refractivity contribution in [3.05, 3.63) is 59.9 Å². The molecule has 1 unspecified atom stereocenters. The van der Waals surface area contributed by atoms with Crippen molar-refractivity contribution in [1.82, 2.24) is 0 Å². The third-order valence-corrected chi connectivity index (χ3v) is 3.23. The Morgan fingerprint density at radius 3 is 2.44 bits per heavy atom. The molecular weight excluding hydrogens is 225 g/mol. The molecule has 18 heavy (non-hydrogen) atoms. The Balaban J connectivity index is 2.29. The quantitative estimate of drug-likeness (QED) is 0.864. The maximum atomic E-state index is 12.9. The van der Waals surface area contributed by atoms with Gasteiger partial charge >= 0.3 is 0 Å². The maximum absolute atomic E-state index is 12.9. The molecule has 2 heteroatoms. The molecule has 0 heterocycles. The number of halogens is 1. The minimum absolute atomic E-state index is 0.202. The van der Waals surface area contributed by atoms with Gasteiger partial charge in [-0.15, -0.1) is 0 Å². The summed E-state index contributed by atoms with van der Waals surface area (Å²) >= 11 is 0. The summed E-state index contributed by atoms with van der Waals surface area (Å²) in [5.74, 6) is 0.252. The van der Waals surface area contributed by atoms with Crippen LogP contribution in [-0.4, -0.2) is 6.54 Å². The monoisotopic (exact) mass is 243 g/mol. The van der Waals surface area contributed by atoms with E-state index < -0.39 is 0 Å². The van der Waals surface area contributed by atoms with E-state index in [2.05, 4.69) is 19.1 Å². The maximum Gasteiger partial charge on any atom is 0.123 e. The SMILES string of the molecule is CC(CCN)c1cccc(-c2ccc(F)cc2)c1. The smallest absolute Gasteiger partial charge is 0.123 e. The lowest BCUT2D eigenvalue weighted by atomic mass is 9.94. The van der Waals surface area contributed by atoms with Crippen molar-refractivity contribution in [3.8, 4) is 11.1 Å². The van der Waals surface area contributed by atoms with E-state index in [1.807, 2.05) is 24.3 Å². The molecule has 2 N–H and O–H groups in total. The van der Waals surface area contributed by atoms with Crippen LogP contribution < -0.4 is 5.73 Å². The number of hydrogen-bond donors (Lipinski definition) is 1. The molecule has 0 radical (unpaired) electrons. The summed E-state index contributed by atoms with van der Waals surface area (Å²) in [6.45, 7) is 2.87. The van der Waals surface area contributed by atoms with E-state index in [0.29, 0.717) is 12.5 Å². The molecule has 1 nitrogen and oxygen atoms in total. The summed E-state index contributed by atoms with van der Waals surface area (Å²) in [6, 6.07) is 15.0. The predicted octanol–water partition coefficient (Wildman–Crippen LogP) is 3.95. The molecule has 1 atom stereocenters. The molecule has 0 bridgehead atoms. The van der Waals surface area contributed by atoms with Crippen molar-refractivity contribution in [2.24, 2.45) is 5.73 Å². The van der Waals surface area contributed by atoms with Gasteiger partial charge in [0, 0.05) is 0 Å². The minimum Gasteiger partial charge on any atom is -0.330 e. The highest BCUT2D eigenvalue weighted by atomic mass is 19.1. The van der Waals surface area contributed by atoms with Gasteiger partial charge in [-0.3, -0.25) is 0 Å². The summed E-state index contributed by atoms with van der Waals surface area (Å²) in [5.41, 5.74) is 9.03. The van der Waals surface area contributed by atoms with Crippen molar-refractivity contribution >= 4 is 0 Å². The molecular formula is C16H18FN. The molecule has 94 valence electrons. The highest BCUT2D eigenvalue weighted by molar-refractivity contribution is 5.64. The van der Waals surface area contributed by atoms with Crippen LogP contribution in [0.1, 0.15) is 24.8 Å². The lowest BCUT2D eigenvalue weighted by Gasteiger charge is -2.12. The Morgan fingerprint density at radius 1 is 1.06 bits per heavy atom. The van der Waals surface area contributed by atoms with Gasteiger partial charge in [-0.1, -0.05) is 43.3 Å². The van der Waals surface area contributed by atoms with Crippen LogP contribution in [0.4, 0.5) is 4.39 Å². The van der Waals surface area contributed by atoms with Gasteiger partial charge in [-0.25, -0.2) is 4.39 Å². The van der Waals surface area contributed by atoms with Gasteiger partial charge < -0.3 is 5.73 Å². The number of rotatable bonds is 4. The van der Waals surface area contributed by atoms with E-state index in [-0.39, 0.29) is 5.82 Å². The second-order valence-corrected chi connectivity index (χ2v) is 4.61. The fourth-order valence-corrected chi connectivity index (χ4v) is 2.08. The van der Waals surface area contributed by atoms with E-state index in [9.17, 15) is 4.39 Å². The third kappa shape index (κ3) is 2.96. The van der Waals surface area contributed by atoms with E-state index >= 15 is 0 Å². The van der Waals surface area contributed by atoms with Crippen molar-refractivity contribution in [2.75, 3.05) is 6.54 Å². The summed E-state index contributed by atoms with van der Waals surface area (Å²) in [4.78, 5) is 0. The number of benzene rings is 2. The zero-order chi connectivity index (χ0) is 13.0. The van der Waals surface area contributed by atoms with Gasteiger partial charge in [-0.05, 0) is 47.7 Å². The van der Waals surface area contributed by atoms with Gasteiger partial charge in [-0.2, -0.15) is 0 Å². The Kier molecular flexibility index (Phi) is 4.11. The molecule has 0 saturated heterocycles. The molecule has 0 spiro atoms. The van der Waals surface area contributed by atoms with E-state index in [4.69, 9.17) is 5.73 Å². The zero-order valence-electron chi connectivity index (χ0n) is 10.6. The van der Waals surface area contributed by atoms with Gasteiger partial charge in [0.15, 0.2) is 0 Å². The Hall–Kier alpha value is -1.67. The van der Waals surface area contributed by atoms with Crippen LogP contribution in [0.25, 0.3) is 11.1 Å². The summed E-state index contributed by atoms with van der Waals surface area (Å²) in [7, 11) is 0. The first kappa shape index (κ1) is 12.8. The first-order valence-electron chi connectivity index (χ1n) is 6.26. The van der Waals surface area contributed by atoms with E-state index in [1.165, 1.54) is 17.7 Å². The minimum atomic E-state index is -0.202. The van der Waals surface area contributed by atoms with Crippen LogP contribution in [0.3, 0.4) is 0 Å². The van der Waals surface area contributed by atoms with Crippen LogP contribution in [0.5, 0.6) is 0 Å². The van der Waals surface area contributed by atoms with Crippen LogP contribution in [0.15, 0.2) is 48.5 Å². The molecule has 0 aliphatic carbocycles. The highest BCUT2D eigenvalue weighted by Gasteiger charge is 2.06. The normalized spacial score (nSPS) is 12.4. The summed E-state index contributed by atoms with van der Waals surface area (Å²) < 4.78 is 12.9. The summed E-state index contributed by atoms with van der Waals surface area (Å²) in [5, 5.41) is 0. The highest BCUT2D eigenvalue weighted by Crippen LogP contribution is 2.25. The fourth-order valence-electron chi connectivity index (χ4n) is 2.08. The summed E-state index contributed by atoms with van der Waals surface area (Å²) in [6.07, 6.45) is 0.979. The predicted molar refractivity (Wildman–Crippen MR) is 73.9 cm³/mol. The number of hydrogen-bond acceptors (Lipinski definition) is 1. The second kappa shape index (κ2) is 5.78. The molecule has 0 aliphatic rings. The van der Waals surface area contributed by atoms with Crippen LogP contribution in [0, 0.1) is 5.82 Å². The molecule has 0 amide bonds. The van der Waals surface area contributed by atoms with Crippen molar-refractivity contribution in [1.29, 1.82) is 0 Å². The first-order valence-corrected chi connectivity index (χ1v) is 6.26. The fraction of sp³-hybridized carbons (Fsp3) is 0.250. The van der Waals surface area contributed by atoms with Gasteiger partial charge in [0.05, 0.1) is 0 Å². The van der Waals surface area contributed by atoms with Crippen molar-refractivity contribution in [3.63, 3.8) is 0 Å². The average Bonchev–Trinajstić information content (AvgIpc) is 2.40. The van der Waals surface area contributed by atoms with Crippen LogP contribution >= 0.6 is 0 Å². The Labute approximate surface area is 107 Å². The van der Waals surface area contributed by atoms with E-state index in [0.717, 1.165) is 17.5 Å². The number of nitrogens with two attached hydrogens (primary N) is 1. The topological polar surface area (TPSA) is 26.0 Å². The van der Waals surface area contributed by atoms with Crippen molar-refractivity contribution < 1.29 is 4.39 Å². The second-order valence-electron chi connectivity index (χ2n) is 4.61. The molecule has 0 aliphatic heterocycles. The zero-order valence-corrected chi connectivity index (χ0v) is 10.6. The van der Waals surface area contributed by atoms with Gasteiger partial charge in [0.2, 0.25) is 0 Å².